The van der Waals surface area contributed by atoms with Crippen molar-refractivity contribution in [3.05, 3.63) is 35.2 Å². The Balaban J connectivity index is 0.000000572. The fourth-order valence-corrected chi connectivity index (χ4v) is 4.82. The van der Waals surface area contributed by atoms with Gasteiger partial charge in [0.1, 0.15) is 0 Å². The molecule has 11 heteroatoms. The molecular weight excluding hydrogens is 481 g/mol. The van der Waals surface area contributed by atoms with Crippen LogP contribution in [0.4, 0.5) is 13.2 Å². The predicted octanol–water partition coefficient (Wildman–Crippen LogP) is 3.80. The van der Waals surface area contributed by atoms with Crippen LogP contribution in [-0.4, -0.2) is 62.8 Å². The van der Waals surface area contributed by atoms with Gasteiger partial charge in [-0.25, -0.2) is 4.79 Å². The summed E-state index contributed by atoms with van der Waals surface area (Å²) in [7, 11) is 0. The van der Waals surface area contributed by atoms with Crippen molar-refractivity contribution in [3.8, 4) is 0 Å². The molecular formula is C25H35F3N2O6. The SMILES string of the molecule is CC1(C)CC=C(c2nccc(C3C[C@](C)(CO)O[C@](C)(CO)C3)c2C(N)=O)CC1.O=C(O)C(F)(F)F. The monoisotopic (exact) mass is 516 g/mol. The van der Waals surface area contributed by atoms with Crippen LogP contribution < -0.4 is 5.73 Å². The Labute approximate surface area is 208 Å². The van der Waals surface area contributed by atoms with Crippen molar-refractivity contribution in [2.24, 2.45) is 11.1 Å². The number of carboxylic acids is 1. The molecule has 0 bridgehead atoms. The minimum atomic E-state index is -5.08. The molecule has 1 saturated heterocycles. The minimum absolute atomic E-state index is 0.0806. The van der Waals surface area contributed by atoms with E-state index >= 15 is 0 Å². The van der Waals surface area contributed by atoms with Gasteiger partial charge in [0.05, 0.1) is 35.7 Å². The number of nitrogens with two attached hydrogens (primary N) is 1. The molecule has 1 unspecified atom stereocenters. The third kappa shape index (κ3) is 7.27. The van der Waals surface area contributed by atoms with E-state index in [0.29, 0.717) is 24.1 Å². The summed E-state index contributed by atoms with van der Waals surface area (Å²) in [5.41, 5.74) is 7.54. The van der Waals surface area contributed by atoms with E-state index in [-0.39, 0.29) is 24.5 Å². The lowest BCUT2D eigenvalue weighted by atomic mass is 9.74. The molecule has 202 valence electrons. The normalized spacial score (nSPS) is 27.9. The van der Waals surface area contributed by atoms with E-state index in [1.807, 2.05) is 19.9 Å². The van der Waals surface area contributed by atoms with E-state index in [1.54, 1.807) is 6.20 Å². The van der Waals surface area contributed by atoms with E-state index in [9.17, 15) is 28.2 Å². The number of allylic oxidation sites excluding steroid dienone is 2. The second-order valence-electron chi connectivity index (χ2n) is 10.8. The van der Waals surface area contributed by atoms with E-state index in [2.05, 4.69) is 24.9 Å². The topological polar surface area (TPSA) is 143 Å². The number of carboxylic acid groups (broad SMARTS) is 1. The number of nitrogens with zero attached hydrogens (tertiary/aromatic N) is 1. The summed E-state index contributed by atoms with van der Waals surface area (Å²) in [5.74, 6) is -3.33. The number of aliphatic hydroxyl groups excluding tert-OH is 2. The average molecular weight is 517 g/mol. The fourth-order valence-electron chi connectivity index (χ4n) is 4.82. The predicted molar refractivity (Wildman–Crippen MR) is 126 cm³/mol. The number of amides is 1. The zero-order valence-electron chi connectivity index (χ0n) is 21.0. The van der Waals surface area contributed by atoms with Crippen LogP contribution in [0.5, 0.6) is 0 Å². The smallest absolute Gasteiger partial charge is 0.475 e. The Morgan fingerprint density at radius 2 is 1.67 bits per heavy atom. The number of carbonyl (C=O) groups is 2. The second kappa shape index (κ2) is 10.9. The average Bonchev–Trinajstić information content (AvgIpc) is 2.78. The first kappa shape index (κ1) is 29.7. The van der Waals surface area contributed by atoms with Crippen LogP contribution in [0.25, 0.3) is 5.57 Å². The number of alkyl halides is 3. The molecule has 8 nitrogen and oxygen atoms in total. The maximum atomic E-state index is 12.5. The van der Waals surface area contributed by atoms with Crippen molar-refractivity contribution in [1.29, 1.82) is 0 Å². The summed E-state index contributed by atoms with van der Waals surface area (Å²) >= 11 is 0. The lowest BCUT2D eigenvalue weighted by Crippen LogP contribution is -2.52. The van der Waals surface area contributed by atoms with Gasteiger partial charge in [0, 0.05) is 6.20 Å². The maximum absolute atomic E-state index is 12.5. The standard InChI is InChI=1S/C23H34N2O4.C2HF3O2/c1-21(2)8-5-15(6-9-21)19-18(20(24)28)17(7-10-25-19)16-11-22(3,13-26)29-23(4,12-16)14-27;3-2(4,5)1(6)7/h5,7,10,16,26-27H,6,8-9,11-14H2,1-4H3,(H2,24,28);(H,6,7)/t16?,22-,23+;. The number of pyridine rings is 1. The third-order valence-corrected chi connectivity index (χ3v) is 6.71. The molecule has 3 atom stereocenters. The number of hydrogen-bond acceptors (Lipinski definition) is 6. The van der Waals surface area contributed by atoms with Gasteiger partial charge in [-0.2, -0.15) is 13.2 Å². The van der Waals surface area contributed by atoms with E-state index in [1.165, 1.54) is 0 Å². The molecule has 1 amide bonds. The molecule has 1 aromatic heterocycles. The van der Waals surface area contributed by atoms with Gasteiger partial charge >= 0.3 is 12.1 Å². The Kier molecular flexibility index (Phi) is 8.97. The number of primary amides is 1. The number of carbonyl (C=O) groups excluding carboxylic acids is 1. The molecule has 0 radical (unpaired) electrons. The first-order valence-corrected chi connectivity index (χ1v) is 11.7. The van der Waals surface area contributed by atoms with Gasteiger partial charge in [-0.3, -0.25) is 9.78 Å². The van der Waals surface area contributed by atoms with Crippen molar-refractivity contribution in [3.63, 3.8) is 0 Å². The number of aliphatic carboxylic acids is 1. The van der Waals surface area contributed by atoms with Crippen LogP contribution in [0.15, 0.2) is 18.3 Å². The lowest BCUT2D eigenvalue weighted by molar-refractivity contribution is -0.208. The highest BCUT2D eigenvalue weighted by Gasteiger charge is 2.45. The van der Waals surface area contributed by atoms with E-state index < -0.39 is 29.3 Å². The number of aliphatic hydroxyl groups is 2. The molecule has 1 aromatic rings. The zero-order chi connectivity index (χ0) is 27.5. The number of hydrogen-bond donors (Lipinski definition) is 4. The fraction of sp³-hybridized carbons (Fsp3) is 0.640. The van der Waals surface area contributed by atoms with Gasteiger partial charge in [-0.1, -0.05) is 19.9 Å². The van der Waals surface area contributed by atoms with Gasteiger partial charge in [-0.15, -0.1) is 0 Å². The molecule has 2 heterocycles. The Morgan fingerprint density at radius 3 is 2.06 bits per heavy atom. The molecule has 1 fully saturated rings. The third-order valence-electron chi connectivity index (χ3n) is 6.71. The van der Waals surface area contributed by atoms with Crippen molar-refractivity contribution in [2.45, 2.75) is 83.1 Å². The number of halogens is 3. The molecule has 0 aromatic carbocycles. The van der Waals surface area contributed by atoms with Gasteiger partial charge in [-0.05, 0) is 74.5 Å². The molecule has 3 rings (SSSR count). The Hall–Kier alpha value is -2.50. The van der Waals surface area contributed by atoms with Crippen molar-refractivity contribution >= 4 is 17.4 Å². The second-order valence-corrected chi connectivity index (χ2v) is 10.8. The molecule has 1 aliphatic heterocycles. The summed E-state index contributed by atoms with van der Waals surface area (Å²) in [6, 6.07) is 1.85. The molecule has 36 heavy (non-hydrogen) atoms. The van der Waals surface area contributed by atoms with Crippen molar-refractivity contribution < 1.29 is 42.8 Å². The van der Waals surface area contributed by atoms with Crippen LogP contribution in [-0.2, 0) is 9.53 Å². The van der Waals surface area contributed by atoms with Crippen molar-refractivity contribution in [2.75, 3.05) is 13.2 Å². The van der Waals surface area contributed by atoms with Gasteiger partial charge < -0.3 is 25.8 Å². The molecule has 5 N–H and O–H groups in total. The van der Waals surface area contributed by atoms with E-state index in [0.717, 1.165) is 30.4 Å². The number of ether oxygens (including phenoxy) is 1. The molecule has 2 aliphatic rings. The minimum Gasteiger partial charge on any atom is -0.475 e. The largest absolute Gasteiger partial charge is 0.490 e. The van der Waals surface area contributed by atoms with Crippen LogP contribution in [0.1, 0.15) is 87.3 Å². The van der Waals surface area contributed by atoms with Gasteiger partial charge in [0.15, 0.2) is 0 Å². The zero-order valence-corrected chi connectivity index (χ0v) is 21.0. The summed E-state index contributed by atoms with van der Waals surface area (Å²) in [6.07, 6.45) is 2.74. The Bertz CT molecular complexity index is 992. The highest BCUT2D eigenvalue weighted by atomic mass is 19.4. The molecule has 0 saturated carbocycles. The quantitative estimate of drug-likeness (QED) is 0.466. The highest BCUT2D eigenvalue weighted by Crippen LogP contribution is 2.46. The summed E-state index contributed by atoms with van der Waals surface area (Å²) in [6.45, 7) is 7.83. The van der Waals surface area contributed by atoms with E-state index in [4.69, 9.17) is 20.4 Å². The highest BCUT2D eigenvalue weighted by molar-refractivity contribution is 5.99. The first-order valence-electron chi connectivity index (χ1n) is 11.7. The summed E-state index contributed by atoms with van der Waals surface area (Å²) < 4.78 is 37.8. The summed E-state index contributed by atoms with van der Waals surface area (Å²) in [4.78, 5) is 26.0. The molecule has 0 spiro atoms. The lowest BCUT2D eigenvalue weighted by Gasteiger charge is -2.47. The van der Waals surface area contributed by atoms with Crippen LogP contribution >= 0.6 is 0 Å². The summed E-state index contributed by atoms with van der Waals surface area (Å²) in [5, 5.41) is 26.9. The number of aromatic nitrogens is 1. The number of rotatable bonds is 5. The van der Waals surface area contributed by atoms with Crippen LogP contribution in [0.3, 0.4) is 0 Å². The van der Waals surface area contributed by atoms with Gasteiger partial charge in [0.25, 0.3) is 5.91 Å². The van der Waals surface area contributed by atoms with Gasteiger partial charge in [0.2, 0.25) is 0 Å². The maximum Gasteiger partial charge on any atom is 0.490 e. The van der Waals surface area contributed by atoms with Crippen LogP contribution in [0.2, 0.25) is 0 Å². The first-order chi connectivity index (χ1) is 16.5. The Morgan fingerprint density at radius 1 is 1.14 bits per heavy atom. The molecule has 1 aliphatic carbocycles. The van der Waals surface area contributed by atoms with Crippen molar-refractivity contribution in [1.82, 2.24) is 4.98 Å². The van der Waals surface area contributed by atoms with Crippen LogP contribution in [0, 0.1) is 5.41 Å².